The third-order valence-corrected chi connectivity index (χ3v) is 2.66. The molecule has 1 heterocycles. The largest absolute Gasteiger partial charge is 0.314 e. The van der Waals surface area contributed by atoms with Crippen molar-refractivity contribution in [2.75, 3.05) is 26.2 Å². The predicted molar refractivity (Wildman–Crippen MR) is 56.5 cm³/mol. The van der Waals surface area contributed by atoms with Crippen LogP contribution in [0.1, 0.15) is 26.2 Å². The maximum absolute atomic E-state index is 7.13. The van der Waals surface area contributed by atoms with E-state index in [2.05, 4.69) is 17.1 Å². The molecule has 1 atom stereocenters. The number of hydrogen-bond donors (Lipinski definition) is 2. The van der Waals surface area contributed by atoms with Crippen molar-refractivity contribution in [3.05, 3.63) is 0 Å². The second kappa shape index (κ2) is 6.11. The second-order valence-corrected chi connectivity index (χ2v) is 3.69. The van der Waals surface area contributed by atoms with E-state index in [4.69, 9.17) is 5.41 Å². The fourth-order valence-electron chi connectivity index (χ4n) is 1.83. The van der Waals surface area contributed by atoms with Crippen LogP contribution in [-0.2, 0) is 0 Å². The number of unbranched alkanes of at least 4 members (excludes halogenated alkanes) is 1. The molecule has 1 rings (SSSR count). The quantitative estimate of drug-likeness (QED) is 0.626. The summed E-state index contributed by atoms with van der Waals surface area (Å²) in [6, 6.07) is 0.567. The molecule has 0 bridgehead atoms. The highest BCUT2D eigenvalue weighted by Crippen LogP contribution is 2.07. The van der Waals surface area contributed by atoms with Gasteiger partial charge in [0.2, 0.25) is 0 Å². The van der Waals surface area contributed by atoms with Gasteiger partial charge in [-0.3, -0.25) is 4.90 Å². The van der Waals surface area contributed by atoms with E-state index >= 15 is 0 Å². The molecule has 0 spiro atoms. The summed E-state index contributed by atoms with van der Waals surface area (Å²) in [7, 11) is 0. The van der Waals surface area contributed by atoms with E-state index in [0.29, 0.717) is 6.04 Å². The average Bonchev–Trinajstić information content (AvgIpc) is 2.17. The van der Waals surface area contributed by atoms with Crippen molar-refractivity contribution in [3.63, 3.8) is 0 Å². The molecule has 0 aromatic heterocycles. The van der Waals surface area contributed by atoms with Gasteiger partial charge in [0.15, 0.2) is 0 Å². The molecule has 1 aliphatic rings. The molecule has 76 valence electrons. The van der Waals surface area contributed by atoms with Gasteiger partial charge >= 0.3 is 0 Å². The maximum atomic E-state index is 7.13. The second-order valence-electron chi connectivity index (χ2n) is 3.69. The third kappa shape index (κ3) is 3.44. The lowest BCUT2D eigenvalue weighted by Crippen LogP contribution is -2.51. The molecule has 3 nitrogen and oxygen atoms in total. The zero-order valence-corrected chi connectivity index (χ0v) is 8.55. The predicted octanol–water partition coefficient (Wildman–Crippen LogP) is 1.10. The van der Waals surface area contributed by atoms with Crippen LogP contribution in [0, 0.1) is 5.41 Å². The van der Waals surface area contributed by atoms with Crippen LogP contribution in [0.15, 0.2) is 0 Å². The van der Waals surface area contributed by atoms with Crippen molar-refractivity contribution in [2.24, 2.45) is 0 Å². The van der Waals surface area contributed by atoms with E-state index in [-0.39, 0.29) is 0 Å². The summed E-state index contributed by atoms with van der Waals surface area (Å²) < 4.78 is 0. The van der Waals surface area contributed by atoms with Crippen LogP contribution in [-0.4, -0.2) is 43.3 Å². The summed E-state index contributed by atoms with van der Waals surface area (Å²) in [6.45, 7) is 6.75. The highest BCUT2D eigenvalue weighted by atomic mass is 15.2. The van der Waals surface area contributed by atoms with Gasteiger partial charge in [0, 0.05) is 25.7 Å². The molecular formula is C10H21N3. The summed E-state index contributed by atoms with van der Waals surface area (Å²) in [5, 5.41) is 10.5. The van der Waals surface area contributed by atoms with Gasteiger partial charge in [0.05, 0.1) is 0 Å². The van der Waals surface area contributed by atoms with Gasteiger partial charge in [-0.05, 0) is 25.6 Å². The molecule has 0 aromatic rings. The Morgan fingerprint density at radius 3 is 3.15 bits per heavy atom. The zero-order valence-electron chi connectivity index (χ0n) is 8.55. The Kier molecular flexibility index (Phi) is 5.01. The van der Waals surface area contributed by atoms with E-state index in [0.717, 1.165) is 26.1 Å². The number of rotatable bonds is 5. The minimum absolute atomic E-state index is 0.567. The molecule has 0 aliphatic carbocycles. The molecule has 0 saturated carbocycles. The van der Waals surface area contributed by atoms with Crippen molar-refractivity contribution in [1.82, 2.24) is 10.2 Å². The first-order valence-electron chi connectivity index (χ1n) is 5.32. The molecule has 2 N–H and O–H groups in total. The van der Waals surface area contributed by atoms with Crippen molar-refractivity contribution in [1.29, 1.82) is 5.41 Å². The lowest BCUT2D eigenvalue weighted by Gasteiger charge is -2.35. The summed E-state index contributed by atoms with van der Waals surface area (Å²) in [4.78, 5) is 2.52. The highest BCUT2D eigenvalue weighted by Gasteiger charge is 2.19. The van der Waals surface area contributed by atoms with Crippen LogP contribution in [0.3, 0.4) is 0 Å². The first-order chi connectivity index (χ1) is 6.38. The lowest BCUT2D eigenvalue weighted by molar-refractivity contribution is 0.164. The van der Waals surface area contributed by atoms with Crippen LogP contribution >= 0.6 is 0 Å². The average molecular weight is 183 g/mol. The normalized spacial score (nSPS) is 24.5. The van der Waals surface area contributed by atoms with Crippen molar-refractivity contribution >= 4 is 6.21 Å². The fraction of sp³-hybridized carbons (Fsp3) is 0.900. The Labute approximate surface area is 81.0 Å². The van der Waals surface area contributed by atoms with E-state index in [1.165, 1.54) is 25.6 Å². The zero-order chi connectivity index (χ0) is 9.52. The Bertz CT molecular complexity index is 147. The van der Waals surface area contributed by atoms with Gasteiger partial charge in [-0.2, -0.15) is 0 Å². The molecule has 13 heavy (non-hydrogen) atoms. The molecule has 1 unspecified atom stereocenters. The summed E-state index contributed by atoms with van der Waals surface area (Å²) >= 11 is 0. The first kappa shape index (κ1) is 10.7. The number of nitrogens with zero attached hydrogens (tertiary/aromatic N) is 1. The molecule has 1 aliphatic heterocycles. The molecule has 0 aromatic carbocycles. The first-order valence-corrected chi connectivity index (χ1v) is 5.32. The summed E-state index contributed by atoms with van der Waals surface area (Å²) in [6.07, 6.45) is 4.99. The Hall–Kier alpha value is -0.410. The summed E-state index contributed by atoms with van der Waals surface area (Å²) in [5.41, 5.74) is 0. The van der Waals surface area contributed by atoms with E-state index in [1.807, 2.05) is 0 Å². The lowest BCUT2D eigenvalue weighted by atomic mass is 10.1. The van der Waals surface area contributed by atoms with E-state index < -0.39 is 0 Å². The van der Waals surface area contributed by atoms with Gasteiger partial charge < -0.3 is 10.7 Å². The molecule has 0 amide bonds. The third-order valence-electron chi connectivity index (χ3n) is 2.66. The minimum Gasteiger partial charge on any atom is -0.314 e. The molecule has 3 heteroatoms. The van der Waals surface area contributed by atoms with Crippen molar-refractivity contribution in [2.45, 2.75) is 32.2 Å². The van der Waals surface area contributed by atoms with Crippen molar-refractivity contribution < 1.29 is 0 Å². The van der Waals surface area contributed by atoms with Crippen molar-refractivity contribution in [3.8, 4) is 0 Å². The smallest absolute Gasteiger partial charge is 0.0270 e. The molecule has 0 radical (unpaired) electrons. The van der Waals surface area contributed by atoms with Gasteiger partial charge in [0.25, 0.3) is 0 Å². The van der Waals surface area contributed by atoms with Gasteiger partial charge in [-0.1, -0.05) is 13.3 Å². The van der Waals surface area contributed by atoms with E-state index in [9.17, 15) is 0 Å². The standard InChI is InChI=1S/C10H21N3/c1-2-3-7-13-8-6-12-9-10(13)4-5-11/h5,10-12H,2-4,6-9H2,1H3. The van der Waals surface area contributed by atoms with Gasteiger partial charge in [0.1, 0.15) is 0 Å². The molecular weight excluding hydrogens is 162 g/mol. The Morgan fingerprint density at radius 2 is 2.46 bits per heavy atom. The monoisotopic (exact) mass is 183 g/mol. The minimum atomic E-state index is 0.567. The van der Waals surface area contributed by atoms with Crippen LogP contribution < -0.4 is 5.32 Å². The highest BCUT2D eigenvalue weighted by molar-refractivity contribution is 5.53. The Morgan fingerprint density at radius 1 is 1.62 bits per heavy atom. The Balaban J connectivity index is 2.32. The van der Waals surface area contributed by atoms with Gasteiger partial charge in [-0.25, -0.2) is 0 Å². The van der Waals surface area contributed by atoms with Gasteiger partial charge in [-0.15, -0.1) is 0 Å². The topological polar surface area (TPSA) is 39.1 Å². The van der Waals surface area contributed by atoms with Crippen LogP contribution in [0.4, 0.5) is 0 Å². The number of hydrogen-bond acceptors (Lipinski definition) is 3. The molecule has 1 saturated heterocycles. The summed E-state index contributed by atoms with van der Waals surface area (Å²) in [5.74, 6) is 0. The number of piperazine rings is 1. The maximum Gasteiger partial charge on any atom is 0.0270 e. The van der Waals surface area contributed by atoms with Crippen LogP contribution in [0.5, 0.6) is 0 Å². The fourth-order valence-corrected chi connectivity index (χ4v) is 1.83. The van der Waals surface area contributed by atoms with Crippen LogP contribution in [0.2, 0.25) is 0 Å². The van der Waals surface area contributed by atoms with Crippen LogP contribution in [0.25, 0.3) is 0 Å². The SMILES string of the molecule is CCCCN1CCNCC1CC=N. The number of nitrogens with one attached hydrogen (secondary N) is 2. The van der Waals surface area contributed by atoms with E-state index in [1.54, 1.807) is 0 Å². The molecule has 1 fully saturated rings.